The first kappa shape index (κ1) is 10.9. The number of nitrogens with zero attached hydrogens (tertiary/aromatic N) is 2. The smallest absolute Gasteiger partial charge is 0.115 e. The van der Waals surface area contributed by atoms with Crippen LogP contribution in [0.2, 0.25) is 0 Å². The van der Waals surface area contributed by atoms with Gasteiger partial charge in [0.2, 0.25) is 0 Å². The van der Waals surface area contributed by atoms with Crippen molar-refractivity contribution < 1.29 is 0 Å². The third-order valence-electron chi connectivity index (χ3n) is 2.94. The van der Waals surface area contributed by atoms with E-state index in [4.69, 9.17) is 0 Å². The lowest BCUT2D eigenvalue weighted by Gasteiger charge is -2.05. The van der Waals surface area contributed by atoms with Crippen LogP contribution in [0.15, 0.2) is 49.1 Å². The maximum atomic E-state index is 4.18. The van der Waals surface area contributed by atoms with Crippen molar-refractivity contribution in [2.75, 3.05) is 0 Å². The largest absolute Gasteiger partial charge is 0.361 e. The second-order valence-corrected chi connectivity index (χ2v) is 4.16. The third kappa shape index (κ3) is 2.24. The Bertz CT molecular complexity index is 630. The summed E-state index contributed by atoms with van der Waals surface area (Å²) in [6, 6.07) is 10.3. The second-order valence-electron chi connectivity index (χ2n) is 4.16. The number of fused-ring (bicyclic) bond motifs is 1. The van der Waals surface area contributed by atoms with Gasteiger partial charge in [-0.2, -0.15) is 0 Å². The normalized spacial score (nSPS) is 10.9. The molecule has 3 rings (SSSR count). The van der Waals surface area contributed by atoms with Crippen molar-refractivity contribution >= 4 is 10.9 Å². The summed E-state index contributed by atoms with van der Waals surface area (Å²) in [5.74, 6) is 0. The van der Waals surface area contributed by atoms with Gasteiger partial charge in [-0.15, -0.1) is 0 Å². The van der Waals surface area contributed by atoms with E-state index in [9.17, 15) is 0 Å². The maximum absolute atomic E-state index is 4.18. The molecule has 1 aromatic carbocycles. The zero-order valence-electron chi connectivity index (χ0n) is 9.93. The van der Waals surface area contributed by atoms with Crippen molar-refractivity contribution in [2.24, 2.45) is 0 Å². The van der Waals surface area contributed by atoms with Gasteiger partial charge in [-0.3, -0.25) is 0 Å². The molecule has 0 amide bonds. The number of para-hydroxylation sites is 1. The van der Waals surface area contributed by atoms with Crippen molar-refractivity contribution in [3.63, 3.8) is 0 Å². The lowest BCUT2D eigenvalue weighted by Crippen LogP contribution is -2.13. The predicted molar refractivity (Wildman–Crippen MR) is 70.9 cm³/mol. The third-order valence-corrected chi connectivity index (χ3v) is 2.94. The molecule has 0 fully saturated rings. The summed E-state index contributed by atoms with van der Waals surface area (Å²) in [5.41, 5.74) is 3.47. The number of hydrogen-bond acceptors (Lipinski definition) is 3. The molecule has 0 aliphatic carbocycles. The number of aromatic amines is 1. The Morgan fingerprint density at radius 1 is 1.11 bits per heavy atom. The first-order valence-electron chi connectivity index (χ1n) is 5.94. The van der Waals surface area contributed by atoms with Crippen LogP contribution in [0.25, 0.3) is 10.9 Å². The molecule has 18 heavy (non-hydrogen) atoms. The highest BCUT2D eigenvalue weighted by atomic mass is 14.9. The number of H-pyrrole nitrogens is 1. The molecule has 2 aromatic heterocycles. The van der Waals surface area contributed by atoms with E-state index in [0.717, 1.165) is 18.8 Å². The number of rotatable bonds is 4. The molecule has 0 atom stereocenters. The molecule has 0 saturated heterocycles. The fourth-order valence-electron chi connectivity index (χ4n) is 2.04. The molecular weight excluding hydrogens is 224 g/mol. The van der Waals surface area contributed by atoms with Gasteiger partial charge >= 0.3 is 0 Å². The Kier molecular flexibility index (Phi) is 3.02. The summed E-state index contributed by atoms with van der Waals surface area (Å²) < 4.78 is 0. The van der Waals surface area contributed by atoms with Crippen LogP contribution in [0, 0.1) is 0 Å². The fraction of sp³-hybridized carbons (Fsp3) is 0.143. The minimum Gasteiger partial charge on any atom is -0.361 e. The molecule has 0 aliphatic heterocycles. The predicted octanol–water partition coefficient (Wildman–Crippen LogP) is 2.25. The van der Waals surface area contributed by atoms with Gasteiger partial charge in [-0.05, 0) is 23.1 Å². The molecular formula is C14H14N4. The Morgan fingerprint density at radius 3 is 3.00 bits per heavy atom. The molecule has 3 aromatic rings. The minimum atomic E-state index is 0.750. The maximum Gasteiger partial charge on any atom is 0.115 e. The summed E-state index contributed by atoms with van der Waals surface area (Å²) in [6.07, 6.45) is 5.30. The molecule has 2 heterocycles. The SMILES string of the molecule is c1cc(CNCc2ccncn2)c2[nH]ccc2c1. The highest BCUT2D eigenvalue weighted by Gasteiger charge is 2.01. The topological polar surface area (TPSA) is 53.6 Å². The van der Waals surface area contributed by atoms with E-state index < -0.39 is 0 Å². The molecule has 0 radical (unpaired) electrons. The van der Waals surface area contributed by atoms with Gasteiger partial charge < -0.3 is 10.3 Å². The summed E-state index contributed by atoms with van der Waals surface area (Å²) in [6.45, 7) is 1.57. The first-order valence-corrected chi connectivity index (χ1v) is 5.94. The molecule has 4 nitrogen and oxygen atoms in total. The minimum absolute atomic E-state index is 0.750. The number of aromatic nitrogens is 3. The quantitative estimate of drug-likeness (QED) is 0.733. The summed E-state index contributed by atoms with van der Waals surface area (Å²) >= 11 is 0. The highest BCUT2D eigenvalue weighted by Crippen LogP contribution is 2.16. The van der Waals surface area contributed by atoms with E-state index in [1.807, 2.05) is 12.3 Å². The monoisotopic (exact) mass is 238 g/mol. The van der Waals surface area contributed by atoms with E-state index in [1.54, 1.807) is 12.5 Å². The van der Waals surface area contributed by atoms with Gasteiger partial charge in [0.15, 0.2) is 0 Å². The lowest BCUT2D eigenvalue weighted by molar-refractivity contribution is 0.680. The van der Waals surface area contributed by atoms with Gasteiger partial charge in [0, 0.05) is 31.0 Å². The zero-order chi connectivity index (χ0) is 12.2. The van der Waals surface area contributed by atoms with Gasteiger partial charge in [-0.25, -0.2) is 9.97 Å². The Labute approximate surface area is 105 Å². The number of hydrogen-bond donors (Lipinski definition) is 2. The van der Waals surface area contributed by atoms with Crippen LogP contribution in [0.5, 0.6) is 0 Å². The average Bonchev–Trinajstić information content (AvgIpc) is 2.89. The average molecular weight is 238 g/mol. The van der Waals surface area contributed by atoms with Crippen molar-refractivity contribution in [3.05, 3.63) is 60.3 Å². The van der Waals surface area contributed by atoms with Crippen molar-refractivity contribution in [3.8, 4) is 0 Å². The van der Waals surface area contributed by atoms with Gasteiger partial charge in [0.25, 0.3) is 0 Å². The van der Waals surface area contributed by atoms with E-state index in [0.29, 0.717) is 0 Å². The molecule has 0 aliphatic rings. The van der Waals surface area contributed by atoms with Crippen molar-refractivity contribution in [2.45, 2.75) is 13.1 Å². The van der Waals surface area contributed by atoms with Crippen LogP contribution >= 0.6 is 0 Å². The first-order chi connectivity index (χ1) is 8.93. The lowest BCUT2D eigenvalue weighted by atomic mass is 10.1. The van der Waals surface area contributed by atoms with Gasteiger partial charge in [0.1, 0.15) is 6.33 Å². The Balaban J connectivity index is 1.68. The fourth-order valence-corrected chi connectivity index (χ4v) is 2.04. The van der Waals surface area contributed by atoms with E-state index in [2.05, 4.69) is 44.5 Å². The Hall–Kier alpha value is -2.20. The van der Waals surface area contributed by atoms with E-state index >= 15 is 0 Å². The second kappa shape index (κ2) is 4.98. The molecule has 90 valence electrons. The van der Waals surface area contributed by atoms with Gasteiger partial charge in [0.05, 0.1) is 5.69 Å². The summed E-state index contributed by atoms with van der Waals surface area (Å²) in [5, 5.41) is 4.64. The molecule has 2 N–H and O–H groups in total. The van der Waals surface area contributed by atoms with Crippen LogP contribution < -0.4 is 5.32 Å². The molecule has 0 spiro atoms. The van der Waals surface area contributed by atoms with Crippen LogP contribution in [-0.2, 0) is 13.1 Å². The zero-order valence-corrected chi connectivity index (χ0v) is 9.93. The van der Waals surface area contributed by atoms with Crippen LogP contribution in [0.1, 0.15) is 11.3 Å². The molecule has 0 unspecified atom stereocenters. The highest BCUT2D eigenvalue weighted by molar-refractivity contribution is 5.82. The summed E-state index contributed by atoms with van der Waals surface area (Å²) in [7, 11) is 0. The molecule has 4 heteroatoms. The molecule has 0 bridgehead atoms. The van der Waals surface area contributed by atoms with Crippen molar-refractivity contribution in [1.82, 2.24) is 20.3 Å². The Morgan fingerprint density at radius 2 is 2.11 bits per heavy atom. The summed E-state index contributed by atoms with van der Waals surface area (Å²) in [4.78, 5) is 11.4. The van der Waals surface area contributed by atoms with Gasteiger partial charge in [-0.1, -0.05) is 18.2 Å². The number of nitrogens with one attached hydrogen (secondary N) is 2. The van der Waals surface area contributed by atoms with Crippen LogP contribution in [0.4, 0.5) is 0 Å². The van der Waals surface area contributed by atoms with Crippen molar-refractivity contribution in [1.29, 1.82) is 0 Å². The van der Waals surface area contributed by atoms with E-state index in [-0.39, 0.29) is 0 Å². The van der Waals surface area contributed by atoms with E-state index in [1.165, 1.54) is 16.5 Å². The van der Waals surface area contributed by atoms with Crippen LogP contribution in [0.3, 0.4) is 0 Å². The standard InChI is InChI=1S/C14H14N4/c1-2-11-4-7-17-14(11)12(3-1)8-16-9-13-5-6-15-10-18-13/h1-7,10,16-17H,8-9H2. The molecule has 0 saturated carbocycles. The number of benzene rings is 1. The van der Waals surface area contributed by atoms with Crippen LogP contribution in [-0.4, -0.2) is 15.0 Å².